The number of nitrogens with one attached hydrogen (secondary N) is 1. The van der Waals surface area contributed by atoms with Crippen LogP contribution in [-0.2, 0) is 0 Å². The molecule has 1 aromatic carbocycles. The fourth-order valence-electron chi connectivity index (χ4n) is 2.91. The topological polar surface area (TPSA) is 35.5 Å². The molecular formula is C15H22ClF3N2O. The Morgan fingerprint density at radius 1 is 1.23 bits per heavy atom. The van der Waals surface area contributed by atoms with Gasteiger partial charge in [-0.1, -0.05) is 13.8 Å². The second-order valence-electron chi connectivity index (χ2n) is 6.13. The van der Waals surface area contributed by atoms with Gasteiger partial charge in [-0.2, -0.15) is 0 Å². The summed E-state index contributed by atoms with van der Waals surface area (Å²) in [7, 11) is 0. The number of hydrogen-bond acceptors (Lipinski definition) is 3. The molecule has 0 spiro atoms. The van der Waals surface area contributed by atoms with Crippen LogP contribution in [0.5, 0.6) is 0 Å². The molecule has 22 heavy (non-hydrogen) atoms. The summed E-state index contributed by atoms with van der Waals surface area (Å²) in [4.78, 5) is 1.96. The second kappa shape index (κ2) is 7.64. The van der Waals surface area contributed by atoms with E-state index in [1.54, 1.807) is 13.8 Å². The number of benzene rings is 1. The van der Waals surface area contributed by atoms with E-state index in [0.29, 0.717) is 19.2 Å². The van der Waals surface area contributed by atoms with Crippen molar-refractivity contribution in [3.8, 4) is 0 Å². The molecule has 1 aliphatic rings. The van der Waals surface area contributed by atoms with Gasteiger partial charge >= 0.3 is 0 Å². The third-order valence-electron chi connectivity index (χ3n) is 3.98. The average molecular weight is 339 g/mol. The molecule has 0 unspecified atom stereocenters. The minimum Gasteiger partial charge on any atom is -0.396 e. The van der Waals surface area contributed by atoms with Gasteiger partial charge in [-0.3, -0.25) is 4.90 Å². The largest absolute Gasteiger partial charge is 0.396 e. The summed E-state index contributed by atoms with van der Waals surface area (Å²) in [5, 5.41) is 12.8. The van der Waals surface area contributed by atoms with Gasteiger partial charge < -0.3 is 10.4 Å². The van der Waals surface area contributed by atoms with E-state index in [2.05, 4.69) is 5.32 Å². The zero-order chi connectivity index (χ0) is 15.6. The molecule has 3 nitrogen and oxygen atoms in total. The molecule has 7 heteroatoms. The summed E-state index contributed by atoms with van der Waals surface area (Å²) in [6, 6.07) is 0.983. The van der Waals surface area contributed by atoms with Crippen molar-refractivity contribution in [1.82, 2.24) is 10.2 Å². The van der Waals surface area contributed by atoms with Gasteiger partial charge in [0.05, 0.1) is 0 Å². The summed E-state index contributed by atoms with van der Waals surface area (Å²) in [6.07, 6.45) is 0. The van der Waals surface area contributed by atoms with Crippen molar-refractivity contribution in [2.24, 2.45) is 5.41 Å². The molecule has 0 amide bonds. The van der Waals surface area contributed by atoms with Crippen LogP contribution in [0.4, 0.5) is 13.2 Å². The van der Waals surface area contributed by atoms with Crippen molar-refractivity contribution in [3.63, 3.8) is 0 Å². The molecule has 1 fully saturated rings. The molecule has 0 bridgehead atoms. The first-order valence-electron chi connectivity index (χ1n) is 7.07. The van der Waals surface area contributed by atoms with Crippen LogP contribution in [0.3, 0.4) is 0 Å². The quantitative estimate of drug-likeness (QED) is 0.828. The molecule has 1 aliphatic heterocycles. The highest BCUT2D eigenvalue weighted by molar-refractivity contribution is 5.85. The standard InChI is InChI=1S/C15H21F3N2O.ClH/c1-15(2,9-21)14(20-5-3-19-4-6-20)11-7-10(16)8-12(17)13(11)18;/h7-8,14,19,21H,3-6,9H2,1-2H3;1H/t14-;/m0./s1. The highest BCUT2D eigenvalue weighted by atomic mass is 35.5. The van der Waals surface area contributed by atoms with Crippen LogP contribution >= 0.6 is 12.4 Å². The van der Waals surface area contributed by atoms with E-state index in [1.807, 2.05) is 4.90 Å². The van der Waals surface area contributed by atoms with E-state index in [-0.39, 0.29) is 24.6 Å². The first-order valence-corrected chi connectivity index (χ1v) is 7.07. The lowest BCUT2D eigenvalue weighted by molar-refractivity contribution is 0.0281. The third-order valence-corrected chi connectivity index (χ3v) is 3.98. The molecule has 1 saturated heterocycles. The summed E-state index contributed by atoms with van der Waals surface area (Å²) in [6.45, 7) is 6.02. The maximum Gasteiger partial charge on any atom is 0.163 e. The third kappa shape index (κ3) is 3.93. The Morgan fingerprint density at radius 3 is 2.36 bits per heavy atom. The Hall–Kier alpha value is -0.820. The zero-order valence-electron chi connectivity index (χ0n) is 12.7. The Bertz CT molecular complexity index is 508. The maximum atomic E-state index is 14.2. The van der Waals surface area contributed by atoms with Crippen LogP contribution < -0.4 is 5.32 Å². The van der Waals surface area contributed by atoms with Crippen molar-refractivity contribution < 1.29 is 18.3 Å². The summed E-state index contributed by atoms with van der Waals surface area (Å²) < 4.78 is 41.3. The number of halogens is 4. The lowest BCUT2D eigenvalue weighted by Crippen LogP contribution is -2.49. The van der Waals surface area contributed by atoms with Crippen LogP contribution in [0, 0.1) is 22.9 Å². The van der Waals surface area contributed by atoms with E-state index in [1.165, 1.54) is 0 Å². The number of aliphatic hydroxyl groups is 1. The first-order chi connectivity index (χ1) is 9.86. The molecule has 2 N–H and O–H groups in total. The SMILES string of the molecule is CC(C)(CO)[C@H](c1cc(F)cc(F)c1F)N1CCNCC1.Cl. The van der Waals surface area contributed by atoms with Gasteiger partial charge in [0.2, 0.25) is 0 Å². The van der Waals surface area contributed by atoms with Crippen LogP contribution in [0.15, 0.2) is 12.1 Å². The molecule has 0 aromatic heterocycles. The Morgan fingerprint density at radius 2 is 1.82 bits per heavy atom. The summed E-state index contributed by atoms with van der Waals surface area (Å²) >= 11 is 0. The number of nitrogens with zero attached hydrogens (tertiary/aromatic N) is 1. The number of aliphatic hydroxyl groups excluding tert-OH is 1. The minimum absolute atomic E-state index is 0. The van der Waals surface area contributed by atoms with Crippen LogP contribution in [-0.4, -0.2) is 42.8 Å². The number of rotatable bonds is 4. The molecule has 0 aliphatic carbocycles. The van der Waals surface area contributed by atoms with Gasteiger partial charge in [0.25, 0.3) is 0 Å². The second-order valence-corrected chi connectivity index (χ2v) is 6.13. The van der Waals surface area contributed by atoms with Crippen molar-refractivity contribution in [1.29, 1.82) is 0 Å². The Labute approximate surface area is 134 Å². The van der Waals surface area contributed by atoms with E-state index in [9.17, 15) is 18.3 Å². The number of hydrogen-bond donors (Lipinski definition) is 2. The Kier molecular flexibility index (Phi) is 6.67. The van der Waals surface area contributed by atoms with E-state index in [4.69, 9.17) is 0 Å². The first kappa shape index (κ1) is 19.2. The minimum atomic E-state index is -1.20. The molecule has 0 radical (unpaired) electrons. The van der Waals surface area contributed by atoms with Crippen LogP contribution in [0.2, 0.25) is 0 Å². The van der Waals surface area contributed by atoms with Gasteiger partial charge in [0, 0.05) is 55.9 Å². The van der Waals surface area contributed by atoms with Crippen LogP contribution in [0.25, 0.3) is 0 Å². The fourth-order valence-corrected chi connectivity index (χ4v) is 2.91. The lowest BCUT2D eigenvalue weighted by atomic mass is 9.79. The smallest absolute Gasteiger partial charge is 0.163 e. The normalized spacial score (nSPS) is 17.9. The number of piperazine rings is 1. The van der Waals surface area contributed by atoms with Gasteiger partial charge in [0.1, 0.15) is 5.82 Å². The van der Waals surface area contributed by atoms with Crippen molar-refractivity contribution in [2.45, 2.75) is 19.9 Å². The highest BCUT2D eigenvalue weighted by Gasteiger charge is 2.38. The molecule has 1 atom stereocenters. The van der Waals surface area contributed by atoms with Gasteiger partial charge in [-0.05, 0) is 6.07 Å². The van der Waals surface area contributed by atoms with Gasteiger partial charge in [0.15, 0.2) is 11.6 Å². The maximum absolute atomic E-state index is 14.2. The summed E-state index contributed by atoms with van der Waals surface area (Å²) in [5.41, 5.74) is -0.758. The summed E-state index contributed by atoms with van der Waals surface area (Å²) in [5.74, 6) is -3.04. The lowest BCUT2D eigenvalue weighted by Gasteiger charge is -2.43. The van der Waals surface area contributed by atoms with Crippen molar-refractivity contribution >= 4 is 12.4 Å². The fraction of sp³-hybridized carbons (Fsp3) is 0.600. The average Bonchev–Trinajstić information content (AvgIpc) is 2.45. The zero-order valence-corrected chi connectivity index (χ0v) is 13.5. The molecule has 0 saturated carbocycles. The van der Waals surface area contributed by atoms with Gasteiger partial charge in [-0.15, -0.1) is 12.4 Å². The molecular weight excluding hydrogens is 317 g/mol. The highest BCUT2D eigenvalue weighted by Crippen LogP contribution is 2.40. The van der Waals surface area contributed by atoms with Crippen LogP contribution in [0.1, 0.15) is 25.5 Å². The predicted octanol–water partition coefficient (Wildman–Crippen LogP) is 2.49. The van der Waals surface area contributed by atoms with Crippen molar-refractivity contribution in [2.75, 3.05) is 32.8 Å². The molecule has 1 heterocycles. The van der Waals surface area contributed by atoms with Crippen molar-refractivity contribution in [3.05, 3.63) is 35.1 Å². The van der Waals surface area contributed by atoms with Gasteiger partial charge in [-0.25, -0.2) is 13.2 Å². The molecule has 126 valence electrons. The monoisotopic (exact) mass is 338 g/mol. The molecule has 1 aromatic rings. The van der Waals surface area contributed by atoms with E-state index in [0.717, 1.165) is 19.2 Å². The predicted molar refractivity (Wildman–Crippen MR) is 81.6 cm³/mol. The Balaban J connectivity index is 0.00000242. The van der Waals surface area contributed by atoms with E-state index >= 15 is 0 Å². The molecule has 2 rings (SSSR count). The van der Waals surface area contributed by atoms with E-state index < -0.39 is 28.9 Å².